The number of hydrogen-bond donors (Lipinski definition) is 2. The predicted molar refractivity (Wildman–Crippen MR) is 125 cm³/mol. The third-order valence-electron chi connectivity index (χ3n) is 4.80. The van der Waals surface area contributed by atoms with Crippen LogP contribution in [0.15, 0.2) is 0 Å². The van der Waals surface area contributed by atoms with Crippen LogP contribution in [0.1, 0.15) is 79.5 Å². The van der Waals surface area contributed by atoms with Crippen LogP contribution in [0.25, 0.3) is 0 Å². The van der Waals surface area contributed by atoms with Gasteiger partial charge in [0.25, 0.3) is 5.91 Å². The third kappa shape index (κ3) is 7.26. The maximum Gasteiger partial charge on any atom is 0.341 e. The molecule has 1 rings (SSSR count). The van der Waals surface area contributed by atoms with Gasteiger partial charge in [0.1, 0.15) is 5.00 Å². The van der Waals surface area contributed by atoms with E-state index in [0.717, 1.165) is 12.8 Å². The van der Waals surface area contributed by atoms with E-state index in [-0.39, 0.29) is 11.9 Å². The van der Waals surface area contributed by atoms with Gasteiger partial charge in [-0.1, -0.05) is 26.7 Å². The van der Waals surface area contributed by atoms with Crippen molar-refractivity contribution in [2.75, 3.05) is 25.5 Å². The number of amides is 1. The number of thiophene rings is 1. The smallest absolute Gasteiger partial charge is 0.341 e. The second-order valence-electron chi connectivity index (χ2n) is 7.55. The number of hydrogen-bond acceptors (Lipinski definition) is 5. The minimum Gasteiger partial charge on any atom is -0.465 e. The maximum atomic E-state index is 12.8. The first kappa shape index (κ1) is 25.4. The Morgan fingerprint density at radius 3 is 2.31 bits per heavy atom. The molecule has 0 saturated heterocycles. The van der Waals surface area contributed by atoms with E-state index >= 15 is 0 Å². The Hall–Kier alpha value is -1.67. The summed E-state index contributed by atoms with van der Waals surface area (Å²) in [5.41, 5.74) is 0.985. The number of thiocarbonyl (C=S) groups is 1. The molecule has 1 amide bonds. The monoisotopic (exact) mass is 441 g/mol. The van der Waals surface area contributed by atoms with Gasteiger partial charge in [0.15, 0.2) is 5.11 Å². The summed E-state index contributed by atoms with van der Waals surface area (Å²) in [6, 6.07) is 0.216. The lowest BCUT2D eigenvalue weighted by Gasteiger charge is -2.18. The molecular formula is C21H35N3O3S2. The normalized spacial score (nSPS) is 11.9. The Kier molecular flexibility index (Phi) is 10.6. The number of carbonyl (C=O) groups is 2. The number of anilines is 1. The third-order valence-corrected chi connectivity index (χ3v) is 6.22. The molecule has 29 heavy (non-hydrogen) atoms. The molecular weight excluding hydrogens is 406 g/mol. The van der Waals surface area contributed by atoms with E-state index in [1.807, 2.05) is 13.8 Å². The standard InChI is InChI=1S/C21H35N3O3S2/c1-8-24(9-2)19(25)17-15(6)16(20(26)27-7)18(29-17)23-21(28)22-14(5)12-10-11-13(3)4/h13-14H,8-12H2,1-7H3,(H2,22,23,28). The van der Waals surface area contributed by atoms with E-state index in [1.54, 1.807) is 11.8 Å². The minimum absolute atomic E-state index is 0.0864. The largest absolute Gasteiger partial charge is 0.465 e. The first-order valence-electron chi connectivity index (χ1n) is 10.2. The summed E-state index contributed by atoms with van der Waals surface area (Å²) in [4.78, 5) is 27.5. The molecule has 6 nitrogen and oxygen atoms in total. The lowest BCUT2D eigenvalue weighted by molar-refractivity contribution is 0.0601. The fourth-order valence-electron chi connectivity index (χ4n) is 3.08. The molecule has 0 aliphatic heterocycles. The Bertz CT molecular complexity index is 712. The molecule has 0 saturated carbocycles. The molecule has 0 fully saturated rings. The number of methoxy groups -OCH3 is 1. The average Bonchev–Trinajstić information content (AvgIpc) is 2.97. The van der Waals surface area contributed by atoms with E-state index in [0.29, 0.717) is 45.1 Å². The van der Waals surface area contributed by atoms with Crippen LogP contribution in [-0.2, 0) is 4.74 Å². The van der Waals surface area contributed by atoms with Gasteiger partial charge in [-0.05, 0) is 57.8 Å². The zero-order valence-electron chi connectivity index (χ0n) is 18.7. The van der Waals surface area contributed by atoms with Crippen molar-refractivity contribution in [1.82, 2.24) is 10.2 Å². The molecule has 1 unspecified atom stereocenters. The van der Waals surface area contributed by atoms with Gasteiger partial charge in [-0.3, -0.25) is 4.79 Å². The van der Waals surface area contributed by atoms with Crippen molar-refractivity contribution < 1.29 is 14.3 Å². The summed E-state index contributed by atoms with van der Waals surface area (Å²) >= 11 is 6.69. The van der Waals surface area contributed by atoms with Crippen LogP contribution in [0.4, 0.5) is 5.00 Å². The topological polar surface area (TPSA) is 70.7 Å². The molecule has 0 spiro atoms. The summed E-state index contributed by atoms with van der Waals surface area (Å²) in [6.45, 7) is 13.4. The molecule has 0 radical (unpaired) electrons. The predicted octanol–water partition coefficient (Wildman–Crippen LogP) is 4.83. The molecule has 1 heterocycles. The molecule has 8 heteroatoms. The van der Waals surface area contributed by atoms with Crippen LogP contribution < -0.4 is 10.6 Å². The van der Waals surface area contributed by atoms with E-state index in [9.17, 15) is 9.59 Å². The Morgan fingerprint density at radius 2 is 1.79 bits per heavy atom. The number of rotatable bonds is 10. The Labute approximate surface area is 184 Å². The van der Waals surface area contributed by atoms with Crippen molar-refractivity contribution in [3.63, 3.8) is 0 Å². The molecule has 1 aromatic heterocycles. The fraction of sp³-hybridized carbons (Fsp3) is 0.667. The lowest BCUT2D eigenvalue weighted by atomic mass is 10.0. The number of nitrogens with zero attached hydrogens (tertiary/aromatic N) is 1. The molecule has 0 bridgehead atoms. The van der Waals surface area contributed by atoms with Gasteiger partial charge in [-0.2, -0.15) is 0 Å². The van der Waals surface area contributed by atoms with Gasteiger partial charge < -0.3 is 20.3 Å². The molecule has 1 atom stereocenters. The molecule has 0 aliphatic carbocycles. The number of nitrogens with one attached hydrogen (secondary N) is 2. The minimum atomic E-state index is -0.479. The summed E-state index contributed by atoms with van der Waals surface area (Å²) in [5.74, 6) is 0.120. The molecule has 2 N–H and O–H groups in total. The van der Waals surface area contributed by atoms with Crippen molar-refractivity contribution in [3.8, 4) is 0 Å². The highest BCUT2D eigenvalue weighted by atomic mass is 32.1. The van der Waals surface area contributed by atoms with Gasteiger partial charge in [-0.15, -0.1) is 11.3 Å². The number of esters is 1. The van der Waals surface area contributed by atoms with Gasteiger partial charge in [0, 0.05) is 19.1 Å². The van der Waals surface area contributed by atoms with Crippen LogP contribution in [-0.4, -0.2) is 48.1 Å². The molecule has 164 valence electrons. The van der Waals surface area contributed by atoms with Gasteiger partial charge >= 0.3 is 5.97 Å². The van der Waals surface area contributed by atoms with Crippen LogP contribution in [0.3, 0.4) is 0 Å². The summed E-state index contributed by atoms with van der Waals surface area (Å²) in [5, 5.41) is 7.36. The van der Waals surface area contributed by atoms with Crippen LogP contribution >= 0.6 is 23.6 Å². The van der Waals surface area contributed by atoms with Crippen LogP contribution in [0.2, 0.25) is 0 Å². The summed E-state index contributed by atoms with van der Waals surface area (Å²) < 4.78 is 4.94. The van der Waals surface area contributed by atoms with Crippen molar-refractivity contribution in [3.05, 3.63) is 16.0 Å². The maximum absolute atomic E-state index is 12.8. The van der Waals surface area contributed by atoms with Crippen LogP contribution in [0, 0.1) is 12.8 Å². The van der Waals surface area contributed by atoms with E-state index in [2.05, 4.69) is 31.4 Å². The second-order valence-corrected chi connectivity index (χ2v) is 8.98. The van der Waals surface area contributed by atoms with Gasteiger partial charge in [0.05, 0.1) is 17.6 Å². The zero-order chi connectivity index (χ0) is 22.1. The first-order valence-corrected chi connectivity index (χ1v) is 11.5. The highest BCUT2D eigenvalue weighted by Crippen LogP contribution is 2.34. The van der Waals surface area contributed by atoms with Crippen molar-refractivity contribution in [2.24, 2.45) is 5.92 Å². The zero-order valence-corrected chi connectivity index (χ0v) is 20.3. The second kappa shape index (κ2) is 12.1. The summed E-state index contributed by atoms with van der Waals surface area (Å²) in [6.07, 6.45) is 3.32. The first-order chi connectivity index (χ1) is 13.7. The highest BCUT2D eigenvalue weighted by molar-refractivity contribution is 7.80. The lowest BCUT2D eigenvalue weighted by Crippen LogP contribution is -2.36. The van der Waals surface area contributed by atoms with Gasteiger partial charge in [0.2, 0.25) is 0 Å². The quantitative estimate of drug-likeness (QED) is 0.400. The number of ether oxygens (including phenoxy) is 1. The summed E-state index contributed by atoms with van der Waals surface area (Å²) in [7, 11) is 1.34. The molecule has 0 aliphatic rings. The van der Waals surface area contributed by atoms with Crippen molar-refractivity contribution in [1.29, 1.82) is 0 Å². The van der Waals surface area contributed by atoms with E-state index in [1.165, 1.54) is 24.9 Å². The van der Waals surface area contributed by atoms with Gasteiger partial charge in [-0.25, -0.2) is 4.79 Å². The van der Waals surface area contributed by atoms with E-state index < -0.39 is 5.97 Å². The van der Waals surface area contributed by atoms with E-state index in [4.69, 9.17) is 17.0 Å². The SMILES string of the molecule is CCN(CC)C(=O)c1sc(NC(=S)NC(C)CCCC(C)C)c(C(=O)OC)c1C. The Balaban J connectivity index is 2.99. The Morgan fingerprint density at radius 1 is 1.17 bits per heavy atom. The molecule has 1 aromatic rings. The average molecular weight is 442 g/mol. The van der Waals surface area contributed by atoms with Crippen molar-refractivity contribution >= 4 is 45.5 Å². The van der Waals surface area contributed by atoms with Crippen LogP contribution in [0.5, 0.6) is 0 Å². The highest BCUT2D eigenvalue weighted by Gasteiger charge is 2.27. The number of carbonyl (C=O) groups excluding carboxylic acids is 2. The van der Waals surface area contributed by atoms with Crippen molar-refractivity contribution in [2.45, 2.75) is 66.8 Å². The fourth-order valence-corrected chi connectivity index (χ4v) is 4.61. The molecule has 0 aromatic carbocycles.